The van der Waals surface area contributed by atoms with Crippen molar-refractivity contribution in [1.82, 2.24) is 5.32 Å². The van der Waals surface area contributed by atoms with E-state index in [1.165, 1.54) is 0 Å². The first-order valence-electron chi connectivity index (χ1n) is 6.51. The maximum Gasteiger partial charge on any atom is 0.335 e. The summed E-state index contributed by atoms with van der Waals surface area (Å²) in [5, 5.41) is 22.4. The van der Waals surface area contributed by atoms with E-state index in [-0.39, 0.29) is 16.5 Å². The predicted octanol–water partition coefficient (Wildman–Crippen LogP) is 2.07. The van der Waals surface area contributed by atoms with Gasteiger partial charge in [-0.15, -0.1) is 0 Å². The summed E-state index contributed by atoms with van der Waals surface area (Å²) in [6.45, 7) is 4.68. The van der Waals surface area contributed by atoms with E-state index in [0.717, 1.165) is 24.6 Å². The van der Waals surface area contributed by atoms with Gasteiger partial charge in [-0.05, 0) is 23.8 Å². The van der Waals surface area contributed by atoms with Crippen LogP contribution in [-0.2, 0) is 0 Å². The van der Waals surface area contributed by atoms with Crippen molar-refractivity contribution in [3.05, 3.63) is 39.4 Å². The molecule has 1 saturated carbocycles. The first-order valence-corrected chi connectivity index (χ1v) is 6.51. The summed E-state index contributed by atoms with van der Waals surface area (Å²) in [7, 11) is 0. The second-order valence-corrected chi connectivity index (χ2v) is 5.93. The molecule has 7 heteroatoms. The Hall–Kier alpha value is -2.44. The highest BCUT2D eigenvalue weighted by molar-refractivity contribution is 5.98. The minimum absolute atomic E-state index is 0.0138. The molecule has 1 fully saturated rings. The third kappa shape index (κ3) is 3.36. The van der Waals surface area contributed by atoms with Gasteiger partial charge in [-0.2, -0.15) is 0 Å². The lowest BCUT2D eigenvalue weighted by Gasteiger charge is -2.07. The van der Waals surface area contributed by atoms with Crippen LogP contribution < -0.4 is 5.32 Å². The number of nitrogens with zero attached hydrogens (tertiary/aromatic N) is 1. The van der Waals surface area contributed by atoms with Crippen LogP contribution in [0.15, 0.2) is 18.2 Å². The zero-order chi connectivity index (χ0) is 15.8. The van der Waals surface area contributed by atoms with Crippen molar-refractivity contribution in [2.24, 2.45) is 11.3 Å². The monoisotopic (exact) mass is 292 g/mol. The Labute approximate surface area is 121 Å². The fourth-order valence-electron chi connectivity index (χ4n) is 2.21. The van der Waals surface area contributed by atoms with E-state index in [9.17, 15) is 19.7 Å². The van der Waals surface area contributed by atoms with Gasteiger partial charge < -0.3 is 10.4 Å². The second kappa shape index (κ2) is 5.16. The van der Waals surface area contributed by atoms with Crippen molar-refractivity contribution in [3.8, 4) is 0 Å². The van der Waals surface area contributed by atoms with Crippen LogP contribution in [0.25, 0.3) is 0 Å². The Morgan fingerprint density at radius 1 is 1.38 bits per heavy atom. The number of aromatic carboxylic acids is 1. The van der Waals surface area contributed by atoms with Gasteiger partial charge >= 0.3 is 5.97 Å². The highest BCUT2D eigenvalue weighted by atomic mass is 16.6. The van der Waals surface area contributed by atoms with Crippen molar-refractivity contribution in [2.45, 2.75) is 20.3 Å². The maximum atomic E-state index is 12.0. The standard InChI is InChI=1S/C14H16N2O5/c1-14(2)6-10(14)7-15-12(17)8-3-9(13(18)19)5-11(4-8)16(20)21/h3-5,10H,6-7H2,1-2H3,(H,15,17)(H,18,19). The van der Waals surface area contributed by atoms with E-state index in [2.05, 4.69) is 19.2 Å². The third-order valence-electron chi connectivity index (χ3n) is 3.86. The Morgan fingerprint density at radius 2 is 1.95 bits per heavy atom. The van der Waals surface area contributed by atoms with Crippen LogP contribution in [0, 0.1) is 21.4 Å². The van der Waals surface area contributed by atoms with Crippen LogP contribution in [0.4, 0.5) is 5.69 Å². The van der Waals surface area contributed by atoms with E-state index in [4.69, 9.17) is 5.11 Å². The Kier molecular flexibility index (Phi) is 3.67. The normalized spacial score (nSPS) is 18.9. The molecule has 1 amide bonds. The molecule has 0 spiro atoms. The molecule has 1 aliphatic carbocycles. The molecule has 21 heavy (non-hydrogen) atoms. The van der Waals surface area contributed by atoms with Crippen LogP contribution in [0.2, 0.25) is 0 Å². The Morgan fingerprint density at radius 3 is 2.43 bits per heavy atom. The number of benzene rings is 1. The summed E-state index contributed by atoms with van der Waals surface area (Å²) in [4.78, 5) is 33.0. The summed E-state index contributed by atoms with van der Waals surface area (Å²) >= 11 is 0. The van der Waals surface area contributed by atoms with Gasteiger partial charge in [-0.1, -0.05) is 13.8 Å². The summed E-state index contributed by atoms with van der Waals surface area (Å²) in [6.07, 6.45) is 1.02. The van der Waals surface area contributed by atoms with Crippen LogP contribution in [0.3, 0.4) is 0 Å². The molecule has 112 valence electrons. The average molecular weight is 292 g/mol. The lowest BCUT2D eigenvalue weighted by molar-refractivity contribution is -0.384. The van der Waals surface area contributed by atoms with Crippen molar-refractivity contribution >= 4 is 17.6 Å². The molecule has 0 aromatic heterocycles. The molecular formula is C14H16N2O5. The van der Waals surface area contributed by atoms with Crippen LogP contribution in [0.5, 0.6) is 0 Å². The fourth-order valence-corrected chi connectivity index (χ4v) is 2.21. The lowest BCUT2D eigenvalue weighted by Crippen LogP contribution is -2.26. The van der Waals surface area contributed by atoms with Crippen LogP contribution in [0.1, 0.15) is 41.0 Å². The van der Waals surface area contributed by atoms with Gasteiger partial charge in [0.1, 0.15) is 0 Å². The Bertz CT molecular complexity index is 592. The Balaban J connectivity index is 2.15. The fraction of sp³-hybridized carbons (Fsp3) is 0.429. The minimum atomic E-state index is -1.31. The van der Waals surface area contributed by atoms with Gasteiger partial charge in [0.25, 0.3) is 11.6 Å². The van der Waals surface area contributed by atoms with Gasteiger partial charge in [-0.3, -0.25) is 14.9 Å². The average Bonchev–Trinajstić information content (AvgIpc) is 3.02. The molecule has 7 nitrogen and oxygen atoms in total. The van der Waals surface area contributed by atoms with E-state index in [0.29, 0.717) is 12.5 Å². The number of hydrogen-bond donors (Lipinski definition) is 2. The molecule has 1 aliphatic rings. The van der Waals surface area contributed by atoms with Gasteiger partial charge in [0.15, 0.2) is 0 Å². The SMILES string of the molecule is CC1(C)CC1CNC(=O)c1cc(C(=O)O)cc([N+](=O)[O-])c1. The quantitative estimate of drug-likeness (QED) is 0.637. The predicted molar refractivity (Wildman–Crippen MR) is 74.3 cm³/mol. The number of hydrogen-bond acceptors (Lipinski definition) is 4. The first-order chi connectivity index (χ1) is 9.70. The number of amides is 1. The van der Waals surface area contributed by atoms with Crippen molar-refractivity contribution < 1.29 is 19.6 Å². The van der Waals surface area contributed by atoms with Crippen LogP contribution >= 0.6 is 0 Å². The summed E-state index contributed by atoms with van der Waals surface area (Å²) in [6, 6.07) is 3.16. The topological polar surface area (TPSA) is 110 Å². The van der Waals surface area contributed by atoms with Gasteiger partial charge in [-0.25, -0.2) is 4.79 Å². The summed E-state index contributed by atoms with van der Waals surface area (Å²) in [5.74, 6) is -1.42. The van der Waals surface area contributed by atoms with Crippen molar-refractivity contribution in [3.63, 3.8) is 0 Å². The molecule has 0 heterocycles. The van der Waals surface area contributed by atoms with E-state index in [1.54, 1.807) is 0 Å². The highest BCUT2D eigenvalue weighted by Gasteiger charge is 2.45. The van der Waals surface area contributed by atoms with Crippen LogP contribution in [-0.4, -0.2) is 28.5 Å². The minimum Gasteiger partial charge on any atom is -0.478 e. The second-order valence-electron chi connectivity index (χ2n) is 5.93. The number of nitro benzene ring substituents is 1. The number of nitrogens with one attached hydrogen (secondary N) is 1. The van der Waals surface area contributed by atoms with Crippen molar-refractivity contribution in [2.75, 3.05) is 6.54 Å². The zero-order valence-corrected chi connectivity index (χ0v) is 11.8. The highest BCUT2D eigenvalue weighted by Crippen LogP contribution is 2.50. The number of non-ortho nitro benzene ring substituents is 1. The molecule has 1 atom stereocenters. The smallest absolute Gasteiger partial charge is 0.335 e. The number of carbonyl (C=O) groups excluding carboxylic acids is 1. The molecule has 0 saturated heterocycles. The largest absolute Gasteiger partial charge is 0.478 e. The van der Waals surface area contributed by atoms with Gasteiger partial charge in [0, 0.05) is 24.2 Å². The van der Waals surface area contributed by atoms with E-state index < -0.39 is 22.5 Å². The van der Waals surface area contributed by atoms with Crippen molar-refractivity contribution in [1.29, 1.82) is 0 Å². The van der Waals surface area contributed by atoms with E-state index in [1.807, 2.05) is 0 Å². The lowest BCUT2D eigenvalue weighted by atomic mass is 10.1. The molecule has 0 aliphatic heterocycles. The van der Waals surface area contributed by atoms with Gasteiger partial charge in [0.05, 0.1) is 10.5 Å². The molecule has 1 unspecified atom stereocenters. The van der Waals surface area contributed by atoms with Gasteiger partial charge in [0.2, 0.25) is 0 Å². The summed E-state index contributed by atoms with van der Waals surface area (Å²) in [5.41, 5.74) is -0.490. The summed E-state index contributed by atoms with van der Waals surface area (Å²) < 4.78 is 0. The maximum absolute atomic E-state index is 12.0. The number of carbonyl (C=O) groups is 2. The number of carboxylic acid groups (broad SMARTS) is 1. The number of carboxylic acids is 1. The molecule has 0 radical (unpaired) electrons. The molecule has 2 rings (SSSR count). The zero-order valence-electron chi connectivity index (χ0n) is 11.8. The van der Waals surface area contributed by atoms with E-state index >= 15 is 0 Å². The third-order valence-corrected chi connectivity index (χ3v) is 3.86. The first kappa shape index (κ1) is 15.0. The molecule has 2 N–H and O–H groups in total. The molecule has 1 aromatic rings. The molecule has 0 bridgehead atoms. The molecular weight excluding hydrogens is 276 g/mol. The number of rotatable bonds is 5. The number of nitro groups is 1. The molecule has 1 aromatic carbocycles.